The van der Waals surface area contributed by atoms with Crippen molar-refractivity contribution in [2.24, 2.45) is 0 Å². The Hall–Kier alpha value is -4.31. The predicted octanol–water partition coefficient (Wildman–Crippen LogP) is 23.9. The van der Waals surface area contributed by atoms with Gasteiger partial charge in [-0.15, -0.1) is 0 Å². The Kier molecular flexibility index (Phi) is 74.1. The summed E-state index contributed by atoms with van der Waals surface area (Å²) in [4.78, 5) is 58.6. The number of unbranched alkanes of at least 4 members (excludes halogenated alkanes) is 31. The number of allylic oxidation sites excluding steroid dienone is 22. The van der Waals surface area contributed by atoms with Gasteiger partial charge in [0.05, 0.1) is 26.4 Å². The van der Waals surface area contributed by atoms with Crippen molar-refractivity contribution in [3.05, 3.63) is 134 Å². The zero-order valence-electron chi connectivity index (χ0n) is 64.7. The Bertz CT molecular complexity index is 2410. The third-order valence-corrected chi connectivity index (χ3v) is 18.7. The molecule has 5 unspecified atom stereocenters. The summed E-state index contributed by atoms with van der Waals surface area (Å²) in [5.74, 6) is -1.61. The maximum atomic E-state index is 13.0. The van der Waals surface area contributed by atoms with Crippen LogP contribution in [0, 0.1) is 0 Å². The fraction of sp³-hybridized carbons (Fsp3) is 0.706. The molecule has 0 spiro atoms. The molecule has 0 aromatic rings. The topological polar surface area (TPSA) is 231 Å². The lowest BCUT2D eigenvalue weighted by Gasteiger charge is -2.21. The number of aliphatic hydroxyl groups is 2. The molecule has 0 saturated carbocycles. The molecule has 16 nitrogen and oxygen atoms in total. The molecule has 0 aromatic heterocycles. The number of phosphoric ester groups is 2. The summed E-state index contributed by atoms with van der Waals surface area (Å²) in [6.45, 7) is 2.40. The molecular formula is C85H146O16P2. The van der Waals surface area contributed by atoms with Crippen LogP contribution in [0.3, 0.4) is 0 Å². The van der Waals surface area contributed by atoms with E-state index in [4.69, 9.17) is 32.3 Å². The standard InChI is InChI=1S/C85H146O16P2/c1-4-7-10-13-16-19-22-25-28-30-32-33-34-35-36-37-38-39-40-41-42-43-44-45-47-49-51-53-56-59-62-65-68-71-83(88)95-74-80(86)75-97-102(91,92)98-76-81(87)77-99-103(93,94)100-79-82(101-85(90)73-70-67-64-61-58-55-50-27-24-21-18-15-12-9-6-3)78-96-84(89)72-69-66-63-60-57-54-52-48-46-31-29-26-23-20-17-14-11-8-5-2/h8-9,11-12,16-21,25-29,32-33,35-36,46,48,50,80-82,86-87H,4-7,10,13-15,22-24,30-31,34,37-45,47,49,51-79H2,1-3H3,(H,91,92)(H,93,94)/b11-8-,12-9-,19-16-,20-17-,21-18-,28-25-,29-26-,33-32-,36-35-,48-46-,50-27-. The second-order valence-corrected chi connectivity index (χ2v) is 29.7. The zero-order valence-corrected chi connectivity index (χ0v) is 66.5. The van der Waals surface area contributed by atoms with Crippen LogP contribution in [-0.2, 0) is 55.8 Å². The van der Waals surface area contributed by atoms with Gasteiger partial charge in [-0.1, -0.05) is 309 Å². The molecule has 0 aliphatic heterocycles. The number of hydrogen-bond acceptors (Lipinski definition) is 14. The quantitative estimate of drug-likeness (QED) is 0.0146. The predicted molar refractivity (Wildman–Crippen MR) is 426 cm³/mol. The van der Waals surface area contributed by atoms with Gasteiger partial charge in [0.15, 0.2) is 6.10 Å². The second-order valence-electron chi connectivity index (χ2n) is 26.8. The van der Waals surface area contributed by atoms with Gasteiger partial charge < -0.3 is 34.2 Å². The van der Waals surface area contributed by atoms with Crippen LogP contribution in [0.1, 0.15) is 329 Å². The van der Waals surface area contributed by atoms with E-state index in [2.05, 4.69) is 154 Å². The maximum absolute atomic E-state index is 13.0. The van der Waals surface area contributed by atoms with Crippen molar-refractivity contribution in [1.82, 2.24) is 0 Å². The summed E-state index contributed by atoms with van der Waals surface area (Å²) >= 11 is 0. The molecule has 0 fully saturated rings. The molecule has 0 bridgehead atoms. The minimum atomic E-state index is -4.94. The van der Waals surface area contributed by atoms with Gasteiger partial charge in [-0.3, -0.25) is 32.5 Å². The molecule has 0 saturated heterocycles. The number of aliphatic hydroxyl groups excluding tert-OH is 2. The van der Waals surface area contributed by atoms with E-state index in [9.17, 15) is 43.5 Å². The van der Waals surface area contributed by atoms with Crippen molar-refractivity contribution in [2.75, 3.05) is 39.6 Å². The molecule has 0 rings (SSSR count). The van der Waals surface area contributed by atoms with E-state index in [0.29, 0.717) is 19.3 Å². The Labute approximate surface area is 626 Å². The highest BCUT2D eigenvalue weighted by Gasteiger charge is 2.29. The van der Waals surface area contributed by atoms with E-state index >= 15 is 0 Å². The van der Waals surface area contributed by atoms with Crippen molar-refractivity contribution in [3.63, 3.8) is 0 Å². The van der Waals surface area contributed by atoms with E-state index in [1.54, 1.807) is 0 Å². The largest absolute Gasteiger partial charge is 0.472 e. The smallest absolute Gasteiger partial charge is 0.463 e. The first-order valence-electron chi connectivity index (χ1n) is 40.5. The van der Waals surface area contributed by atoms with Gasteiger partial charge in [-0.05, 0) is 135 Å². The Morgan fingerprint density at radius 2 is 0.515 bits per heavy atom. The van der Waals surface area contributed by atoms with Crippen LogP contribution < -0.4 is 0 Å². The summed E-state index contributed by atoms with van der Waals surface area (Å²) in [5, 5.41) is 20.6. The van der Waals surface area contributed by atoms with Crippen LogP contribution in [0.2, 0.25) is 0 Å². The Morgan fingerprint density at radius 3 is 0.816 bits per heavy atom. The summed E-state index contributed by atoms with van der Waals surface area (Å²) in [7, 11) is -9.80. The molecule has 0 aliphatic rings. The van der Waals surface area contributed by atoms with Gasteiger partial charge in [0.1, 0.15) is 25.4 Å². The van der Waals surface area contributed by atoms with Crippen molar-refractivity contribution in [2.45, 2.75) is 347 Å². The molecule has 18 heteroatoms. The highest BCUT2D eigenvalue weighted by atomic mass is 31.2. The van der Waals surface area contributed by atoms with Gasteiger partial charge in [-0.25, -0.2) is 9.13 Å². The van der Waals surface area contributed by atoms with Gasteiger partial charge in [-0.2, -0.15) is 0 Å². The molecule has 592 valence electrons. The van der Waals surface area contributed by atoms with E-state index in [-0.39, 0.29) is 19.3 Å². The first-order chi connectivity index (χ1) is 50.2. The van der Waals surface area contributed by atoms with Crippen molar-refractivity contribution in [3.8, 4) is 0 Å². The van der Waals surface area contributed by atoms with Crippen molar-refractivity contribution in [1.29, 1.82) is 0 Å². The van der Waals surface area contributed by atoms with Gasteiger partial charge in [0.2, 0.25) is 0 Å². The molecule has 5 atom stereocenters. The monoisotopic (exact) mass is 1490 g/mol. The van der Waals surface area contributed by atoms with Gasteiger partial charge >= 0.3 is 33.6 Å². The number of hydrogen-bond donors (Lipinski definition) is 4. The van der Waals surface area contributed by atoms with Crippen LogP contribution >= 0.6 is 15.6 Å². The molecule has 0 aromatic carbocycles. The van der Waals surface area contributed by atoms with Crippen molar-refractivity contribution >= 4 is 33.6 Å². The maximum Gasteiger partial charge on any atom is 0.472 e. The number of carbonyl (C=O) groups is 3. The second kappa shape index (κ2) is 77.3. The normalized spacial score (nSPS) is 14.7. The molecule has 0 amide bonds. The van der Waals surface area contributed by atoms with Crippen LogP contribution in [-0.4, -0.2) is 95.9 Å². The van der Waals surface area contributed by atoms with E-state index < -0.39 is 91.5 Å². The van der Waals surface area contributed by atoms with E-state index in [1.165, 1.54) is 116 Å². The summed E-state index contributed by atoms with van der Waals surface area (Å²) in [5.41, 5.74) is 0. The molecule has 0 radical (unpaired) electrons. The van der Waals surface area contributed by atoms with Gasteiger partial charge in [0.25, 0.3) is 0 Å². The van der Waals surface area contributed by atoms with Crippen LogP contribution in [0.25, 0.3) is 0 Å². The number of ether oxygens (including phenoxy) is 3. The van der Waals surface area contributed by atoms with Crippen LogP contribution in [0.4, 0.5) is 0 Å². The third-order valence-electron chi connectivity index (χ3n) is 16.8. The minimum Gasteiger partial charge on any atom is -0.463 e. The SMILES string of the molecule is CC/C=C\C/C=C\C/C=C\C/C=C\CCCCCCCCC(=O)OCC(COP(=O)(O)OCC(O)COP(=O)(O)OCC(O)COC(=O)CCCCCCCCCCCCCCCCCCC/C=C\C/C=C\C/C=C\C/C=C\CCCCC)OC(=O)CCCCCCC/C=C\C/C=C\C/C=C\CC. The average molecular weight is 1490 g/mol. The Morgan fingerprint density at radius 1 is 0.282 bits per heavy atom. The van der Waals surface area contributed by atoms with Crippen LogP contribution in [0.5, 0.6) is 0 Å². The highest BCUT2D eigenvalue weighted by molar-refractivity contribution is 7.47. The molecule has 0 aliphatic carbocycles. The lowest BCUT2D eigenvalue weighted by molar-refractivity contribution is -0.161. The number of rotatable bonds is 76. The third kappa shape index (κ3) is 78.6. The molecule has 0 heterocycles. The lowest BCUT2D eigenvalue weighted by Crippen LogP contribution is -2.30. The fourth-order valence-corrected chi connectivity index (χ4v) is 12.3. The summed E-state index contributed by atoms with van der Waals surface area (Å²) in [6, 6.07) is 0. The van der Waals surface area contributed by atoms with Crippen LogP contribution in [0.15, 0.2) is 134 Å². The first-order valence-corrected chi connectivity index (χ1v) is 43.5. The zero-order chi connectivity index (χ0) is 75.2. The van der Waals surface area contributed by atoms with Crippen molar-refractivity contribution < 1.29 is 75.8 Å². The Balaban J connectivity index is 4.45. The summed E-state index contributed by atoms with van der Waals surface area (Å²) in [6.07, 6.45) is 93.7. The van der Waals surface area contributed by atoms with Gasteiger partial charge in [0, 0.05) is 19.3 Å². The lowest BCUT2D eigenvalue weighted by atomic mass is 10.0. The number of carbonyl (C=O) groups excluding carboxylic acids is 3. The van der Waals surface area contributed by atoms with E-state index in [1.807, 2.05) is 0 Å². The highest BCUT2D eigenvalue weighted by Crippen LogP contribution is 2.45. The minimum absolute atomic E-state index is 0.0790. The number of esters is 3. The van der Waals surface area contributed by atoms with E-state index in [0.717, 1.165) is 154 Å². The molecular weight excluding hydrogens is 1340 g/mol. The average Bonchev–Trinajstić information content (AvgIpc) is 0.917. The molecule has 4 N–H and O–H groups in total. The summed E-state index contributed by atoms with van der Waals surface area (Å²) < 4.78 is 61.1. The molecule has 103 heavy (non-hydrogen) atoms. The fourth-order valence-electron chi connectivity index (χ4n) is 10.7. The number of phosphoric acid groups is 2. The first kappa shape index (κ1) is 98.7.